The zero-order valence-corrected chi connectivity index (χ0v) is 13.4. The molecule has 2 nitrogen and oxygen atoms in total. The SMILES string of the molecule is CC(C)c1cc(C#Cc2ccc3c(c2)C(=O)NC3)c(Cl)s1. The summed E-state index contributed by atoms with van der Waals surface area (Å²) >= 11 is 7.80. The monoisotopic (exact) mass is 315 g/mol. The van der Waals surface area contributed by atoms with Crippen LogP contribution in [-0.4, -0.2) is 5.91 Å². The number of halogens is 1. The molecule has 21 heavy (non-hydrogen) atoms. The van der Waals surface area contributed by atoms with Crippen LogP contribution in [-0.2, 0) is 6.54 Å². The van der Waals surface area contributed by atoms with Gasteiger partial charge in [-0.05, 0) is 29.7 Å². The van der Waals surface area contributed by atoms with E-state index in [2.05, 4.69) is 31.0 Å². The highest BCUT2D eigenvalue weighted by Crippen LogP contribution is 2.31. The molecule has 0 bridgehead atoms. The third-order valence-corrected chi connectivity index (χ3v) is 5.07. The second-order valence-corrected chi connectivity index (χ2v) is 6.98. The van der Waals surface area contributed by atoms with Gasteiger partial charge in [-0.3, -0.25) is 4.79 Å². The van der Waals surface area contributed by atoms with Crippen LogP contribution >= 0.6 is 22.9 Å². The van der Waals surface area contributed by atoms with E-state index in [1.807, 2.05) is 24.3 Å². The van der Waals surface area contributed by atoms with Crippen molar-refractivity contribution in [2.24, 2.45) is 0 Å². The van der Waals surface area contributed by atoms with Crippen LogP contribution < -0.4 is 5.32 Å². The van der Waals surface area contributed by atoms with Crippen molar-refractivity contribution in [2.75, 3.05) is 0 Å². The van der Waals surface area contributed by atoms with Crippen molar-refractivity contribution in [3.05, 3.63) is 55.7 Å². The van der Waals surface area contributed by atoms with E-state index in [0.29, 0.717) is 12.5 Å². The largest absolute Gasteiger partial charge is 0.348 e. The number of hydrogen-bond donors (Lipinski definition) is 1. The first-order chi connectivity index (χ1) is 10.0. The van der Waals surface area contributed by atoms with Gasteiger partial charge in [0, 0.05) is 22.5 Å². The average Bonchev–Trinajstić information content (AvgIpc) is 3.01. The van der Waals surface area contributed by atoms with Crippen molar-refractivity contribution in [2.45, 2.75) is 26.3 Å². The number of carbonyl (C=O) groups is 1. The molecule has 0 spiro atoms. The number of carbonyl (C=O) groups excluding carboxylic acids is 1. The normalized spacial score (nSPS) is 12.9. The second-order valence-electron chi connectivity index (χ2n) is 5.30. The Bertz CT molecular complexity index is 780. The molecule has 2 heterocycles. The minimum absolute atomic E-state index is 0.0238. The van der Waals surface area contributed by atoms with Crippen molar-refractivity contribution in [1.82, 2.24) is 5.32 Å². The van der Waals surface area contributed by atoms with Crippen LogP contribution in [0.2, 0.25) is 4.34 Å². The van der Waals surface area contributed by atoms with Gasteiger partial charge in [0.15, 0.2) is 0 Å². The molecule has 0 unspecified atom stereocenters. The lowest BCUT2D eigenvalue weighted by Gasteiger charge is -1.96. The molecule has 1 aromatic heterocycles. The molecule has 1 amide bonds. The summed E-state index contributed by atoms with van der Waals surface area (Å²) in [5.74, 6) is 6.63. The molecule has 0 saturated heterocycles. The van der Waals surface area contributed by atoms with Crippen molar-refractivity contribution < 1.29 is 4.79 Å². The fraction of sp³-hybridized carbons (Fsp3) is 0.235. The minimum atomic E-state index is -0.0238. The summed E-state index contributed by atoms with van der Waals surface area (Å²) < 4.78 is 0.727. The lowest BCUT2D eigenvalue weighted by Crippen LogP contribution is -2.12. The molecule has 106 valence electrons. The summed E-state index contributed by atoms with van der Waals surface area (Å²) in [6.45, 7) is 4.88. The Morgan fingerprint density at radius 3 is 2.81 bits per heavy atom. The van der Waals surface area contributed by atoms with E-state index >= 15 is 0 Å². The number of nitrogens with one attached hydrogen (secondary N) is 1. The molecule has 1 aliphatic rings. The molecule has 4 heteroatoms. The van der Waals surface area contributed by atoms with Gasteiger partial charge < -0.3 is 5.32 Å². The van der Waals surface area contributed by atoms with Gasteiger partial charge >= 0.3 is 0 Å². The summed E-state index contributed by atoms with van der Waals surface area (Å²) in [6, 6.07) is 7.78. The molecule has 0 fully saturated rings. The molecular weight excluding hydrogens is 302 g/mol. The van der Waals surface area contributed by atoms with Crippen LogP contribution in [0.25, 0.3) is 0 Å². The molecule has 1 aromatic carbocycles. The molecule has 0 radical (unpaired) electrons. The Hall–Kier alpha value is -1.76. The molecule has 0 aliphatic carbocycles. The van der Waals surface area contributed by atoms with Crippen molar-refractivity contribution >= 4 is 28.8 Å². The average molecular weight is 316 g/mol. The summed E-state index contributed by atoms with van der Waals surface area (Å²) in [5.41, 5.74) is 3.44. The molecular formula is C17H14ClNOS. The maximum atomic E-state index is 11.6. The quantitative estimate of drug-likeness (QED) is 0.786. The summed E-state index contributed by atoms with van der Waals surface area (Å²) in [5, 5.41) is 2.80. The first-order valence-corrected chi connectivity index (χ1v) is 7.96. The zero-order chi connectivity index (χ0) is 15.0. The molecule has 0 atom stereocenters. The van der Waals surface area contributed by atoms with E-state index < -0.39 is 0 Å². The maximum Gasteiger partial charge on any atom is 0.251 e. The lowest BCUT2D eigenvalue weighted by molar-refractivity contribution is 0.0965. The van der Waals surface area contributed by atoms with Gasteiger partial charge in [-0.1, -0.05) is 43.4 Å². The van der Waals surface area contributed by atoms with Crippen molar-refractivity contribution in [3.8, 4) is 11.8 Å². The van der Waals surface area contributed by atoms with Crippen LogP contribution in [0.4, 0.5) is 0 Å². The number of amides is 1. The summed E-state index contributed by atoms with van der Waals surface area (Å²) in [6.07, 6.45) is 0. The van der Waals surface area contributed by atoms with Gasteiger partial charge in [0.1, 0.15) is 4.34 Å². The number of thiophene rings is 1. The predicted octanol–water partition coefficient (Wildman–Crippen LogP) is 4.17. The number of rotatable bonds is 1. The molecule has 1 aliphatic heterocycles. The molecule has 3 rings (SSSR count). The van der Waals surface area contributed by atoms with E-state index in [1.54, 1.807) is 11.3 Å². The van der Waals surface area contributed by atoms with E-state index in [-0.39, 0.29) is 5.91 Å². The van der Waals surface area contributed by atoms with Gasteiger partial charge in [-0.2, -0.15) is 0 Å². The Balaban J connectivity index is 1.91. The van der Waals surface area contributed by atoms with Crippen LogP contribution in [0, 0.1) is 11.8 Å². The molecule has 0 saturated carbocycles. The van der Waals surface area contributed by atoms with E-state index in [1.165, 1.54) is 4.88 Å². The predicted molar refractivity (Wildman–Crippen MR) is 87.0 cm³/mol. The van der Waals surface area contributed by atoms with Crippen molar-refractivity contribution in [3.63, 3.8) is 0 Å². The van der Waals surface area contributed by atoms with Crippen LogP contribution in [0.5, 0.6) is 0 Å². The van der Waals surface area contributed by atoms with Crippen LogP contribution in [0.1, 0.15) is 51.7 Å². The van der Waals surface area contributed by atoms with E-state index in [9.17, 15) is 4.79 Å². The van der Waals surface area contributed by atoms with Gasteiger partial charge in [0.2, 0.25) is 0 Å². The molecule has 2 aromatic rings. The minimum Gasteiger partial charge on any atom is -0.348 e. The Morgan fingerprint density at radius 2 is 2.10 bits per heavy atom. The van der Waals surface area contributed by atoms with Crippen molar-refractivity contribution in [1.29, 1.82) is 0 Å². The van der Waals surface area contributed by atoms with Gasteiger partial charge in [-0.15, -0.1) is 11.3 Å². The third-order valence-electron chi connectivity index (χ3n) is 3.41. The van der Waals surface area contributed by atoms with E-state index in [4.69, 9.17) is 11.6 Å². The first kappa shape index (κ1) is 14.2. The Labute approximate surface area is 133 Å². The van der Waals surface area contributed by atoms with Gasteiger partial charge in [0.05, 0.1) is 5.56 Å². The fourth-order valence-corrected chi connectivity index (χ4v) is 3.40. The standard InChI is InChI=1S/C17H14ClNOS/c1-10(2)15-8-12(16(18)21-15)5-3-11-4-6-13-9-19-17(20)14(13)7-11/h4,6-8,10H,9H2,1-2H3,(H,19,20). The highest BCUT2D eigenvalue weighted by atomic mass is 35.5. The topological polar surface area (TPSA) is 29.1 Å². The lowest BCUT2D eigenvalue weighted by atomic mass is 10.1. The highest BCUT2D eigenvalue weighted by molar-refractivity contribution is 7.16. The fourth-order valence-electron chi connectivity index (χ4n) is 2.19. The van der Waals surface area contributed by atoms with Gasteiger partial charge in [0.25, 0.3) is 5.91 Å². The zero-order valence-electron chi connectivity index (χ0n) is 11.8. The van der Waals surface area contributed by atoms with Crippen LogP contribution in [0.3, 0.4) is 0 Å². The Morgan fingerprint density at radius 1 is 1.29 bits per heavy atom. The highest BCUT2D eigenvalue weighted by Gasteiger charge is 2.18. The third kappa shape index (κ3) is 2.83. The first-order valence-electron chi connectivity index (χ1n) is 6.77. The van der Waals surface area contributed by atoms with Gasteiger partial charge in [-0.25, -0.2) is 0 Å². The smallest absolute Gasteiger partial charge is 0.251 e. The number of fused-ring (bicyclic) bond motifs is 1. The summed E-state index contributed by atoms with van der Waals surface area (Å²) in [7, 11) is 0. The number of hydrogen-bond acceptors (Lipinski definition) is 2. The van der Waals surface area contributed by atoms with Crippen LogP contribution in [0.15, 0.2) is 24.3 Å². The maximum absolute atomic E-state index is 11.6. The van der Waals surface area contributed by atoms with E-state index in [0.717, 1.165) is 26.6 Å². The Kier molecular flexibility index (Phi) is 3.75. The summed E-state index contributed by atoms with van der Waals surface area (Å²) in [4.78, 5) is 12.9. The number of benzene rings is 1. The molecule has 1 N–H and O–H groups in total. The second kappa shape index (κ2) is 5.55.